The molecule has 0 saturated carbocycles. The predicted octanol–water partition coefficient (Wildman–Crippen LogP) is 5.65. The minimum atomic E-state index is -0.857. The van der Waals surface area contributed by atoms with Crippen molar-refractivity contribution < 1.29 is 13.5 Å². The van der Waals surface area contributed by atoms with Gasteiger partial charge in [0.05, 0.1) is 16.5 Å². The van der Waals surface area contributed by atoms with Gasteiger partial charge in [0.1, 0.15) is 5.75 Å². The van der Waals surface area contributed by atoms with Crippen LogP contribution in [0.1, 0.15) is 23.4 Å². The molecule has 112 valence electrons. The third-order valence-electron chi connectivity index (χ3n) is 3.05. The largest absolute Gasteiger partial charge is 0.493 e. The molecule has 21 heavy (non-hydrogen) atoms. The zero-order valence-electron chi connectivity index (χ0n) is 11.4. The van der Waals surface area contributed by atoms with Crippen molar-refractivity contribution in [2.24, 2.45) is 0 Å². The zero-order valence-corrected chi connectivity index (χ0v) is 13.7. The van der Waals surface area contributed by atoms with Gasteiger partial charge in [-0.1, -0.05) is 18.2 Å². The molecular formula is C16H14BrClF2O. The van der Waals surface area contributed by atoms with Gasteiger partial charge in [-0.05, 0) is 58.6 Å². The SMILES string of the molecule is CCOc1ccc(C(Cl)Cc2cccc(F)c2F)cc1Br. The minimum absolute atomic E-state index is 0.214. The number of rotatable bonds is 5. The van der Waals surface area contributed by atoms with Crippen molar-refractivity contribution in [1.82, 2.24) is 0 Å². The monoisotopic (exact) mass is 374 g/mol. The van der Waals surface area contributed by atoms with Crippen LogP contribution in [-0.4, -0.2) is 6.61 Å². The van der Waals surface area contributed by atoms with Crippen LogP contribution in [0.2, 0.25) is 0 Å². The van der Waals surface area contributed by atoms with Crippen molar-refractivity contribution in [3.8, 4) is 5.75 Å². The fourth-order valence-electron chi connectivity index (χ4n) is 2.00. The molecule has 0 amide bonds. The highest BCUT2D eigenvalue weighted by Crippen LogP contribution is 2.32. The highest BCUT2D eigenvalue weighted by Gasteiger charge is 2.15. The van der Waals surface area contributed by atoms with Crippen molar-refractivity contribution in [3.63, 3.8) is 0 Å². The molecule has 5 heteroatoms. The third-order valence-corrected chi connectivity index (χ3v) is 4.07. The van der Waals surface area contributed by atoms with Crippen LogP contribution in [0.4, 0.5) is 8.78 Å². The summed E-state index contributed by atoms with van der Waals surface area (Å²) in [5.74, 6) is -0.973. The van der Waals surface area contributed by atoms with Gasteiger partial charge < -0.3 is 4.74 Å². The predicted molar refractivity (Wildman–Crippen MR) is 84.0 cm³/mol. The first kappa shape index (κ1) is 16.2. The Kier molecular flexibility index (Phi) is 5.59. The molecule has 0 N–H and O–H groups in total. The van der Waals surface area contributed by atoms with E-state index < -0.39 is 17.0 Å². The maximum atomic E-state index is 13.7. The molecule has 1 atom stereocenters. The molecule has 0 radical (unpaired) electrons. The Bertz CT molecular complexity index is 634. The molecule has 0 heterocycles. The van der Waals surface area contributed by atoms with Crippen LogP contribution in [0.3, 0.4) is 0 Å². The van der Waals surface area contributed by atoms with Gasteiger partial charge in [0, 0.05) is 0 Å². The first-order chi connectivity index (χ1) is 10.0. The Balaban J connectivity index is 2.18. The number of benzene rings is 2. The fourth-order valence-corrected chi connectivity index (χ4v) is 2.81. The van der Waals surface area contributed by atoms with Crippen LogP contribution < -0.4 is 4.74 Å². The summed E-state index contributed by atoms with van der Waals surface area (Å²) in [5, 5.41) is -0.451. The van der Waals surface area contributed by atoms with Crippen molar-refractivity contribution in [1.29, 1.82) is 0 Å². The second kappa shape index (κ2) is 7.23. The van der Waals surface area contributed by atoms with Gasteiger partial charge >= 0.3 is 0 Å². The van der Waals surface area contributed by atoms with Crippen LogP contribution in [-0.2, 0) is 6.42 Å². The summed E-state index contributed by atoms with van der Waals surface area (Å²) in [6.45, 7) is 2.47. The summed E-state index contributed by atoms with van der Waals surface area (Å²) in [7, 11) is 0. The molecule has 0 spiro atoms. The standard InChI is InChI=1S/C16H14BrClF2O/c1-2-21-15-7-6-10(8-12(15)17)13(18)9-11-4-3-5-14(19)16(11)20/h3-8,13H,2,9H2,1H3. The maximum absolute atomic E-state index is 13.7. The van der Waals surface area contributed by atoms with Crippen LogP contribution in [0.25, 0.3) is 0 Å². The van der Waals surface area contributed by atoms with Crippen molar-refractivity contribution >= 4 is 27.5 Å². The lowest BCUT2D eigenvalue weighted by Crippen LogP contribution is -2.01. The molecule has 2 rings (SSSR count). The van der Waals surface area contributed by atoms with Crippen LogP contribution >= 0.6 is 27.5 Å². The molecular weight excluding hydrogens is 362 g/mol. The fraction of sp³-hybridized carbons (Fsp3) is 0.250. The van der Waals surface area contributed by atoms with Gasteiger partial charge in [-0.25, -0.2) is 8.78 Å². The summed E-state index contributed by atoms with van der Waals surface area (Å²) in [4.78, 5) is 0. The first-order valence-electron chi connectivity index (χ1n) is 6.52. The minimum Gasteiger partial charge on any atom is -0.493 e. The number of hydrogen-bond donors (Lipinski definition) is 0. The molecule has 2 aromatic carbocycles. The van der Waals surface area contributed by atoms with Crippen molar-refractivity contribution in [2.45, 2.75) is 18.7 Å². The molecule has 2 aromatic rings. The highest BCUT2D eigenvalue weighted by atomic mass is 79.9. The van der Waals surface area contributed by atoms with Gasteiger partial charge in [-0.3, -0.25) is 0 Å². The average molecular weight is 376 g/mol. The zero-order chi connectivity index (χ0) is 15.4. The second-order valence-corrected chi connectivity index (χ2v) is 5.89. The average Bonchev–Trinajstić information content (AvgIpc) is 2.46. The quantitative estimate of drug-likeness (QED) is 0.614. The summed E-state index contributed by atoms with van der Waals surface area (Å²) in [6.07, 6.45) is 0.214. The molecule has 0 fully saturated rings. The lowest BCUT2D eigenvalue weighted by molar-refractivity contribution is 0.338. The highest BCUT2D eigenvalue weighted by molar-refractivity contribution is 9.10. The van der Waals surface area contributed by atoms with Gasteiger partial charge in [-0.15, -0.1) is 11.6 Å². The lowest BCUT2D eigenvalue weighted by Gasteiger charge is -2.13. The molecule has 1 unspecified atom stereocenters. The van der Waals surface area contributed by atoms with Crippen LogP contribution in [0.15, 0.2) is 40.9 Å². The van der Waals surface area contributed by atoms with E-state index in [9.17, 15) is 8.78 Å². The van der Waals surface area contributed by atoms with Crippen LogP contribution in [0, 0.1) is 11.6 Å². The second-order valence-electron chi connectivity index (χ2n) is 4.51. The smallest absolute Gasteiger partial charge is 0.162 e. The molecule has 0 aromatic heterocycles. The van der Waals surface area contributed by atoms with Crippen LogP contribution in [0.5, 0.6) is 5.75 Å². The van der Waals surface area contributed by atoms with E-state index >= 15 is 0 Å². The first-order valence-corrected chi connectivity index (χ1v) is 7.75. The van der Waals surface area contributed by atoms with E-state index in [1.54, 1.807) is 6.07 Å². The van der Waals surface area contributed by atoms with E-state index in [1.165, 1.54) is 12.1 Å². The van der Waals surface area contributed by atoms with E-state index in [1.807, 2.05) is 19.1 Å². The number of alkyl halides is 1. The lowest BCUT2D eigenvalue weighted by atomic mass is 10.0. The summed E-state index contributed by atoms with van der Waals surface area (Å²) >= 11 is 9.73. The Hall–Kier alpha value is -1.13. The molecule has 0 aliphatic rings. The molecule has 0 aliphatic carbocycles. The Morgan fingerprint density at radius 3 is 2.67 bits per heavy atom. The van der Waals surface area contributed by atoms with Gasteiger partial charge in [0.2, 0.25) is 0 Å². The van der Waals surface area contributed by atoms with E-state index in [0.29, 0.717) is 6.61 Å². The number of ether oxygens (including phenoxy) is 1. The molecule has 0 saturated heterocycles. The Morgan fingerprint density at radius 2 is 2.00 bits per heavy atom. The summed E-state index contributed by atoms with van der Waals surface area (Å²) < 4.78 is 33.1. The van der Waals surface area contributed by atoms with Gasteiger partial charge in [-0.2, -0.15) is 0 Å². The maximum Gasteiger partial charge on any atom is 0.162 e. The molecule has 1 nitrogen and oxygen atoms in total. The third kappa shape index (κ3) is 3.95. The van der Waals surface area contributed by atoms with E-state index in [0.717, 1.165) is 21.9 Å². The topological polar surface area (TPSA) is 9.23 Å². The summed E-state index contributed by atoms with van der Waals surface area (Å²) in [6, 6.07) is 9.57. The number of halogens is 4. The Labute approximate surface area is 136 Å². The summed E-state index contributed by atoms with van der Waals surface area (Å²) in [5.41, 5.74) is 1.08. The van der Waals surface area contributed by atoms with E-state index in [4.69, 9.17) is 16.3 Å². The molecule has 0 aliphatic heterocycles. The molecule has 0 bridgehead atoms. The van der Waals surface area contributed by atoms with E-state index in [2.05, 4.69) is 15.9 Å². The van der Waals surface area contributed by atoms with Gasteiger partial charge in [0.15, 0.2) is 11.6 Å². The Morgan fingerprint density at radius 1 is 1.24 bits per heavy atom. The van der Waals surface area contributed by atoms with Gasteiger partial charge in [0.25, 0.3) is 0 Å². The normalized spacial score (nSPS) is 12.2. The number of hydrogen-bond acceptors (Lipinski definition) is 1. The van der Waals surface area contributed by atoms with E-state index in [-0.39, 0.29) is 12.0 Å². The van der Waals surface area contributed by atoms with Crippen molar-refractivity contribution in [2.75, 3.05) is 6.61 Å². The van der Waals surface area contributed by atoms with Crippen molar-refractivity contribution in [3.05, 3.63) is 63.6 Å².